The molecule has 0 radical (unpaired) electrons. The van der Waals surface area contributed by atoms with Crippen molar-refractivity contribution in [2.45, 2.75) is 12.3 Å². The van der Waals surface area contributed by atoms with Crippen LogP contribution >= 0.6 is 0 Å². The summed E-state index contributed by atoms with van der Waals surface area (Å²) in [6, 6.07) is 36.2. The molecule has 4 rings (SSSR count). The molecule has 0 saturated heterocycles. The molecule has 0 atom stereocenters. The third kappa shape index (κ3) is 5.29. The van der Waals surface area contributed by atoms with Crippen molar-refractivity contribution in [1.29, 1.82) is 0 Å². The van der Waals surface area contributed by atoms with E-state index in [1.54, 1.807) is 12.1 Å². The average molecular weight is 421 g/mol. The Hall–Kier alpha value is -4.18. The summed E-state index contributed by atoms with van der Waals surface area (Å²) in [7, 11) is 0. The third-order valence-corrected chi connectivity index (χ3v) is 5.19. The molecule has 2 N–H and O–H groups in total. The zero-order valence-corrected chi connectivity index (χ0v) is 17.6. The van der Waals surface area contributed by atoms with E-state index in [2.05, 4.69) is 10.6 Å². The Morgan fingerprint density at radius 2 is 1.00 bits per heavy atom. The van der Waals surface area contributed by atoms with E-state index in [9.17, 15) is 9.59 Å². The maximum Gasteiger partial charge on any atom is 0.236 e. The van der Waals surface area contributed by atoms with E-state index in [4.69, 9.17) is 0 Å². The lowest BCUT2D eigenvalue weighted by Crippen LogP contribution is -2.23. The van der Waals surface area contributed by atoms with Gasteiger partial charge in [0, 0.05) is 0 Å². The second kappa shape index (κ2) is 10.2. The van der Waals surface area contributed by atoms with Gasteiger partial charge in [0.15, 0.2) is 0 Å². The molecule has 0 fully saturated rings. The molecule has 4 aromatic rings. The van der Waals surface area contributed by atoms with Crippen LogP contribution in [-0.2, 0) is 16.0 Å². The first kappa shape index (κ1) is 21.1. The lowest BCUT2D eigenvalue weighted by Gasteiger charge is -2.19. The van der Waals surface area contributed by atoms with Crippen LogP contribution in [0.2, 0.25) is 0 Å². The monoisotopic (exact) mass is 420 g/mol. The molecule has 0 aromatic heterocycles. The van der Waals surface area contributed by atoms with Crippen molar-refractivity contribution in [1.82, 2.24) is 0 Å². The van der Waals surface area contributed by atoms with E-state index in [1.807, 2.05) is 103 Å². The van der Waals surface area contributed by atoms with Crippen molar-refractivity contribution < 1.29 is 9.59 Å². The summed E-state index contributed by atoms with van der Waals surface area (Å²) in [6.45, 7) is 0. The summed E-state index contributed by atoms with van der Waals surface area (Å²) in [6.07, 6.45) is 0.264. The standard InChI is InChI=1S/C28H24N2O2/c31-26(20-21-12-4-1-5-13-21)29-24-18-10-11-19-25(24)30-28(32)27(22-14-6-2-7-15-22)23-16-8-3-9-17-23/h1-19,27H,20H2,(H,29,31)(H,30,32). The van der Waals surface area contributed by atoms with E-state index < -0.39 is 5.92 Å². The zero-order chi connectivity index (χ0) is 22.2. The Kier molecular flexibility index (Phi) is 6.73. The molecular formula is C28H24N2O2. The van der Waals surface area contributed by atoms with Crippen LogP contribution in [0.3, 0.4) is 0 Å². The Bertz CT molecular complexity index is 1140. The molecule has 0 aliphatic heterocycles. The van der Waals surface area contributed by atoms with Crippen LogP contribution in [0.15, 0.2) is 115 Å². The molecule has 0 aliphatic rings. The molecule has 0 heterocycles. The van der Waals surface area contributed by atoms with Crippen molar-refractivity contribution in [3.63, 3.8) is 0 Å². The highest BCUT2D eigenvalue weighted by molar-refractivity contribution is 6.03. The molecule has 2 amide bonds. The molecule has 0 spiro atoms. The number of carbonyl (C=O) groups is 2. The molecule has 0 unspecified atom stereocenters. The summed E-state index contributed by atoms with van der Waals surface area (Å²) in [5.41, 5.74) is 3.88. The fourth-order valence-corrected chi connectivity index (χ4v) is 3.67. The molecular weight excluding hydrogens is 396 g/mol. The molecule has 158 valence electrons. The number of anilines is 2. The minimum Gasteiger partial charge on any atom is -0.324 e. The van der Waals surface area contributed by atoms with Crippen LogP contribution < -0.4 is 10.6 Å². The van der Waals surface area contributed by atoms with Gasteiger partial charge < -0.3 is 10.6 Å². The lowest BCUT2D eigenvalue weighted by molar-refractivity contribution is -0.117. The fraction of sp³-hybridized carbons (Fsp3) is 0.0714. The SMILES string of the molecule is O=C(Cc1ccccc1)Nc1ccccc1NC(=O)C(c1ccccc1)c1ccccc1. The van der Waals surface area contributed by atoms with Gasteiger partial charge in [0.2, 0.25) is 11.8 Å². The van der Waals surface area contributed by atoms with Crippen molar-refractivity contribution in [2.24, 2.45) is 0 Å². The number of rotatable bonds is 7. The highest BCUT2D eigenvalue weighted by Crippen LogP contribution is 2.28. The Balaban J connectivity index is 1.55. The van der Waals surface area contributed by atoms with E-state index in [-0.39, 0.29) is 18.2 Å². The number of para-hydroxylation sites is 2. The molecule has 4 heteroatoms. The van der Waals surface area contributed by atoms with Gasteiger partial charge in [-0.25, -0.2) is 0 Å². The maximum absolute atomic E-state index is 13.4. The van der Waals surface area contributed by atoms with Crippen molar-refractivity contribution in [3.8, 4) is 0 Å². The number of carbonyl (C=O) groups excluding carboxylic acids is 2. The van der Waals surface area contributed by atoms with E-state index >= 15 is 0 Å². The first-order chi connectivity index (χ1) is 15.7. The highest BCUT2D eigenvalue weighted by atomic mass is 16.2. The maximum atomic E-state index is 13.4. The normalized spacial score (nSPS) is 10.5. The fourth-order valence-electron chi connectivity index (χ4n) is 3.67. The Morgan fingerprint density at radius 3 is 1.53 bits per heavy atom. The summed E-state index contributed by atoms with van der Waals surface area (Å²) in [4.78, 5) is 26.0. The van der Waals surface area contributed by atoms with Crippen LogP contribution in [0.1, 0.15) is 22.6 Å². The minimum atomic E-state index is -0.467. The predicted molar refractivity (Wildman–Crippen MR) is 129 cm³/mol. The Labute approximate surface area is 187 Å². The van der Waals surface area contributed by atoms with Gasteiger partial charge >= 0.3 is 0 Å². The number of hydrogen-bond donors (Lipinski definition) is 2. The quantitative estimate of drug-likeness (QED) is 0.407. The first-order valence-electron chi connectivity index (χ1n) is 10.5. The first-order valence-corrected chi connectivity index (χ1v) is 10.5. The summed E-state index contributed by atoms with van der Waals surface area (Å²) < 4.78 is 0. The van der Waals surface area contributed by atoms with E-state index in [0.29, 0.717) is 11.4 Å². The van der Waals surface area contributed by atoms with Crippen LogP contribution in [0.25, 0.3) is 0 Å². The van der Waals surface area contributed by atoms with Crippen LogP contribution in [-0.4, -0.2) is 11.8 Å². The van der Waals surface area contributed by atoms with Crippen LogP contribution in [0, 0.1) is 0 Å². The van der Waals surface area contributed by atoms with E-state index in [0.717, 1.165) is 16.7 Å². The molecule has 4 nitrogen and oxygen atoms in total. The van der Waals surface area contributed by atoms with Crippen LogP contribution in [0.4, 0.5) is 11.4 Å². The molecule has 32 heavy (non-hydrogen) atoms. The summed E-state index contributed by atoms with van der Waals surface area (Å²) >= 11 is 0. The van der Waals surface area contributed by atoms with Gasteiger partial charge in [0.05, 0.1) is 23.7 Å². The number of hydrogen-bond acceptors (Lipinski definition) is 2. The van der Waals surface area contributed by atoms with Crippen LogP contribution in [0.5, 0.6) is 0 Å². The van der Waals surface area contributed by atoms with Gasteiger partial charge in [0.25, 0.3) is 0 Å². The van der Waals surface area contributed by atoms with Crippen molar-refractivity contribution in [2.75, 3.05) is 10.6 Å². The third-order valence-electron chi connectivity index (χ3n) is 5.19. The second-order valence-electron chi connectivity index (χ2n) is 7.50. The highest BCUT2D eigenvalue weighted by Gasteiger charge is 2.23. The van der Waals surface area contributed by atoms with Crippen molar-refractivity contribution in [3.05, 3.63) is 132 Å². The number of benzene rings is 4. The van der Waals surface area contributed by atoms with Gasteiger partial charge in [0.1, 0.15) is 0 Å². The zero-order valence-electron chi connectivity index (χ0n) is 17.6. The van der Waals surface area contributed by atoms with E-state index in [1.165, 1.54) is 0 Å². The van der Waals surface area contributed by atoms with Gasteiger partial charge in [-0.2, -0.15) is 0 Å². The van der Waals surface area contributed by atoms with Gasteiger partial charge in [-0.1, -0.05) is 103 Å². The van der Waals surface area contributed by atoms with Gasteiger partial charge in [-0.15, -0.1) is 0 Å². The van der Waals surface area contributed by atoms with Crippen molar-refractivity contribution >= 4 is 23.2 Å². The molecule has 0 bridgehead atoms. The number of amides is 2. The summed E-state index contributed by atoms with van der Waals surface area (Å²) in [5.74, 6) is -0.766. The minimum absolute atomic E-state index is 0.138. The molecule has 0 aliphatic carbocycles. The lowest BCUT2D eigenvalue weighted by atomic mass is 9.90. The number of nitrogens with one attached hydrogen (secondary N) is 2. The smallest absolute Gasteiger partial charge is 0.236 e. The second-order valence-corrected chi connectivity index (χ2v) is 7.50. The molecule has 0 saturated carbocycles. The topological polar surface area (TPSA) is 58.2 Å². The summed E-state index contributed by atoms with van der Waals surface area (Å²) in [5, 5.41) is 5.95. The van der Waals surface area contributed by atoms with Gasteiger partial charge in [-0.05, 0) is 28.8 Å². The van der Waals surface area contributed by atoms with Gasteiger partial charge in [-0.3, -0.25) is 9.59 Å². The average Bonchev–Trinajstić information content (AvgIpc) is 2.82. The molecule has 4 aromatic carbocycles. The largest absolute Gasteiger partial charge is 0.324 e. The predicted octanol–water partition coefficient (Wildman–Crippen LogP) is 5.64. The Morgan fingerprint density at radius 1 is 0.562 bits per heavy atom.